The number of rotatable bonds is 4. The van der Waals surface area contributed by atoms with Crippen molar-refractivity contribution >= 4 is 34.3 Å². The molecule has 1 aromatic carbocycles. The quantitative estimate of drug-likeness (QED) is 0.466. The molecule has 0 unspecified atom stereocenters. The van der Waals surface area contributed by atoms with Gasteiger partial charge < -0.3 is 4.74 Å². The second-order valence-electron chi connectivity index (χ2n) is 4.03. The Bertz CT molecular complexity index is 543. The SMILES string of the molecule is N#CCCCC/C(I)=C1\OC(=O)c2ccccc21. The van der Waals surface area contributed by atoms with Gasteiger partial charge in [-0.15, -0.1) is 0 Å². The Kier molecular flexibility index (Phi) is 4.37. The van der Waals surface area contributed by atoms with Crippen LogP contribution in [-0.2, 0) is 4.74 Å². The molecule has 1 aliphatic heterocycles. The third-order valence-electron chi connectivity index (χ3n) is 2.77. The Labute approximate surface area is 120 Å². The fraction of sp³-hybridized carbons (Fsp3) is 0.286. The van der Waals surface area contributed by atoms with E-state index in [2.05, 4.69) is 28.7 Å². The standard InChI is InChI=1S/C14H12INO2/c15-12(8-2-1-5-9-16)13-10-6-3-4-7-11(10)14(17)18-13/h3-4,6-7H,1-2,5,8H2/b13-12+. The highest BCUT2D eigenvalue weighted by molar-refractivity contribution is 14.1. The average Bonchev–Trinajstić information content (AvgIpc) is 2.73. The lowest BCUT2D eigenvalue weighted by Gasteiger charge is -2.03. The Hall–Kier alpha value is -1.35. The summed E-state index contributed by atoms with van der Waals surface area (Å²) >= 11 is 2.22. The molecule has 0 saturated heterocycles. The van der Waals surface area contributed by atoms with Crippen molar-refractivity contribution in [1.82, 2.24) is 0 Å². The average molecular weight is 353 g/mol. The van der Waals surface area contributed by atoms with E-state index in [4.69, 9.17) is 10.00 Å². The lowest BCUT2D eigenvalue weighted by atomic mass is 10.1. The molecule has 1 aromatic rings. The summed E-state index contributed by atoms with van der Waals surface area (Å²) in [6, 6.07) is 9.56. The summed E-state index contributed by atoms with van der Waals surface area (Å²) in [5, 5.41) is 8.47. The van der Waals surface area contributed by atoms with Crippen LogP contribution in [0.1, 0.15) is 41.6 Å². The number of benzene rings is 1. The highest BCUT2D eigenvalue weighted by Gasteiger charge is 2.27. The molecule has 1 aliphatic rings. The summed E-state index contributed by atoms with van der Waals surface area (Å²) in [5.41, 5.74) is 1.52. The lowest BCUT2D eigenvalue weighted by molar-refractivity contribution is 0.0715. The summed E-state index contributed by atoms with van der Waals surface area (Å²) in [6.45, 7) is 0. The Morgan fingerprint density at radius 3 is 2.72 bits per heavy atom. The van der Waals surface area contributed by atoms with Gasteiger partial charge in [-0.2, -0.15) is 5.26 Å². The summed E-state index contributed by atoms with van der Waals surface area (Å²) in [7, 11) is 0. The predicted molar refractivity (Wildman–Crippen MR) is 76.9 cm³/mol. The van der Waals surface area contributed by atoms with Crippen molar-refractivity contribution in [2.75, 3.05) is 0 Å². The van der Waals surface area contributed by atoms with Gasteiger partial charge >= 0.3 is 5.97 Å². The van der Waals surface area contributed by atoms with E-state index in [0.29, 0.717) is 17.7 Å². The first kappa shape index (κ1) is 13.1. The number of allylic oxidation sites excluding steroid dienone is 1. The highest BCUT2D eigenvalue weighted by Crippen LogP contribution is 2.35. The van der Waals surface area contributed by atoms with E-state index in [1.165, 1.54) is 0 Å². The number of esters is 1. The van der Waals surface area contributed by atoms with E-state index < -0.39 is 0 Å². The molecule has 3 nitrogen and oxygen atoms in total. The molecule has 18 heavy (non-hydrogen) atoms. The number of ether oxygens (including phenoxy) is 1. The molecule has 2 rings (SSSR count). The van der Waals surface area contributed by atoms with Gasteiger partial charge in [0, 0.05) is 15.6 Å². The highest BCUT2D eigenvalue weighted by atomic mass is 127. The molecular weight excluding hydrogens is 341 g/mol. The number of nitrogens with zero attached hydrogens (tertiary/aromatic N) is 1. The van der Waals surface area contributed by atoms with Crippen LogP contribution in [-0.4, -0.2) is 5.97 Å². The molecule has 0 N–H and O–H groups in total. The van der Waals surface area contributed by atoms with Gasteiger partial charge in [-0.25, -0.2) is 4.79 Å². The zero-order chi connectivity index (χ0) is 13.0. The van der Waals surface area contributed by atoms with Crippen molar-refractivity contribution in [1.29, 1.82) is 5.26 Å². The molecule has 0 saturated carbocycles. The monoisotopic (exact) mass is 353 g/mol. The number of carbonyl (C=O) groups is 1. The van der Waals surface area contributed by atoms with Crippen molar-refractivity contribution in [2.24, 2.45) is 0 Å². The smallest absolute Gasteiger partial charge is 0.344 e. The number of fused-ring (bicyclic) bond motifs is 1. The summed E-state index contributed by atoms with van der Waals surface area (Å²) in [6.07, 6.45) is 3.25. The number of unbranched alkanes of at least 4 members (excludes halogenated alkanes) is 2. The van der Waals surface area contributed by atoms with E-state index >= 15 is 0 Å². The minimum atomic E-state index is -0.271. The van der Waals surface area contributed by atoms with Crippen LogP contribution in [0.4, 0.5) is 0 Å². The number of carbonyl (C=O) groups excluding carboxylic acids is 1. The van der Waals surface area contributed by atoms with Crippen LogP contribution in [0.2, 0.25) is 0 Å². The molecule has 0 spiro atoms. The van der Waals surface area contributed by atoms with Gasteiger partial charge in [-0.05, 0) is 47.9 Å². The molecule has 92 valence electrons. The second-order valence-corrected chi connectivity index (χ2v) is 5.34. The molecule has 0 aliphatic carbocycles. The van der Waals surface area contributed by atoms with Gasteiger partial charge in [0.05, 0.1) is 11.6 Å². The van der Waals surface area contributed by atoms with Crippen LogP contribution < -0.4 is 0 Å². The van der Waals surface area contributed by atoms with E-state index in [9.17, 15) is 4.79 Å². The summed E-state index contributed by atoms with van der Waals surface area (Å²) in [4.78, 5) is 11.7. The topological polar surface area (TPSA) is 50.1 Å². The Morgan fingerprint density at radius 2 is 2.00 bits per heavy atom. The van der Waals surface area contributed by atoms with Crippen LogP contribution in [0, 0.1) is 11.3 Å². The van der Waals surface area contributed by atoms with E-state index in [1.807, 2.05) is 18.2 Å². The molecule has 0 aromatic heterocycles. The minimum Gasteiger partial charge on any atom is -0.421 e. The van der Waals surface area contributed by atoms with E-state index in [1.54, 1.807) is 6.07 Å². The number of nitriles is 1. The number of hydrogen-bond acceptors (Lipinski definition) is 3. The van der Waals surface area contributed by atoms with E-state index in [0.717, 1.165) is 28.4 Å². The Balaban J connectivity index is 2.14. The fourth-order valence-electron chi connectivity index (χ4n) is 1.86. The third-order valence-corrected chi connectivity index (χ3v) is 3.80. The van der Waals surface area contributed by atoms with Crippen LogP contribution >= 0.6 is 22.6 Å². The second kappa shape index (κ2) is 6.01. The van der Waals surface area contributed by atoms with Crippen LogP contribution in [0.3, 0.4) is 0 Å². The minimum absolute atomic E-state index is 0.271. The van der Waals surface area contributed by atoms with Gasteiger partial charge in [-0.1, -0.05) is 18.2 Å². The first-order valence-electron chi connectivity index (χ1n) is 5.81. The number of cyclic esters (lactones) is 1. The maximum atomic E-state index is 11.7. The third kappa shape index (κ3) is 2.72. The number of halogens is 1. The van der Waals surface area contributed by atoms with Crippen molar-refractivity contribution in [3.63, 3.8) is 0 Å². The van der Waals surface area contributed by atoms with Gasteiger partial charge in [0.25, 0.3) is 0 Å². The van der Waals surface area contributed by atoms with Gasteiger partial charge in [0.1, 0.15) is 5.76 Å². The molecule has 0 amide bonds. The van der Waals surface area contributed by atoms with Crippen LogP contribution in [0.15, 0.2) is 27.8 Å². The van der Waals surface area contributed by atoms with Crippen molar-refractivity contribution in [3.05, 3.63) is 39.0 Å². The molecule has 0 fully saturated rings. The number of hydrogen-bond donors (Lipinski definition) is 0. The van der Waals surface area contributed by atoms with Crippen molar-refractivity contribution in [2.45, 2.75) is 25.7 Å². The summed E-state index contributed by atoms with van der Waals surface area (Å²) < 4.78 is 6.36. The van der Waals surface area contributed by atoms with Crippen molar-refractivity contribution < 1.29 is 9.53 Å². The molecule has 4 heteroatoms. The zero-order valence-corrected chi connectivity index (χ0v) is 11.9. The largest absolute Gasteiger partial charge is 0.421 e. The van der Waals surface area contributed by atoms with E-state index in [-0.39, 0.29) is 5.97 Å². The normalized spacial score (nSPS) is 15.9. The fourth-order valence-corrected chi connectivity index (χ4v) is 2.64. The lowest BCUT2D eigenvalue weighted by Crippen LogP contribution is -1.92. The van der Waals surface area contributed by atoms with Crippen LogP contribution in [0.25, 0.3) is 5.76 Å². The predicted octanol–water partition coefficient (Wildman–Crippen LogP) is 4.04. The Morgan fingerprint density at radius 1 is 1.28 bits per heavy atom. The summed E-state index contributed by atoms with van der Waals surface area (Å²) in [5.74, 6) is 0.417. The maximum Gasteiger partial charge on any atom is 0.344 e. The molecule has 1 heterocycles. The molecule has 0 bridgehead atoms. The maximum absolute atomic E-state index is 11.7. The van der Waals surface area contributed by atoms with Crippen LogP contribution in [0.5, 0.6) is 0 Å². The van der Waals surface area contributed by atoms with Gasteiger partial charge in [0.15, 0.2) is 0 Å². The first-order chi connectivity index (χ1) is 8.74. The van der Waals surface area contributed by atoms with Gasteiger partial charge in [0.2, 0.25) is 0 Å². The van der Waals surface area contributed by atoms with Crippen molar-refractivity contribution in [3.8, 4) is 6.07 Å². The molecular formula is C14H12INO2. The molecule has 0 atom stereocenters. The molecule has 0 radical (unpaired) electrons. The zero-order valence-electron chi connectivity index (χ0n) is 9.78. The first-order valence-corrected chi connectivity index (χ1v) is 6.89. The van der Waals surface area contributed by atoms with Gasteiger partial charge in [-0.3, -0.25) is 0 Å².